The fourth-order valence-electron chi connectivity index (χ4n) is 2.15. The van der Waals surface area contributed by atoms with E-state index in [9.17, 15) is 4.79 Å². The lowest BCUT2D eigenvalue weighted by atomic mass is 10.1. The summed E-state index contributed by atoms with van der Waals surface area (Å²) in [5, 5.41) is 14.2. The van der Waals surface area contributed by atoms with Crippen LogP contribution in [0.1, 0.15) is 33.3 Å². The third-order valence-corrected chi connectivity index (χ3v) is 3.43. The third-order valence-electron chi connectivity index (χ3n) is 3.43. The summed E-state index contributed by atoms with van der Waals surface area (Å²) >= 11 is 0. The molecule has 0 aliphatic heterocycles. The number of carbonyl (C=O) groups is 1. The number of aromatic nitrogens is 6. The van der Waals surface area contributed by atoms with Gasteiger partial charge in [-0.2, -0.15) is 0 Å². The average molecular weight is 311 g/mol. The van der Waals surface area contributed by atoms with Crippen molar-refractivity contribution in [3.63, 3.8) is 0 Å². The zero-order valence-corrected chi connectivity index (χ0v) is 12.9. The Morgan fingerprint density at radius 2 is 2.04 bits per heavy atom. The van der Waals surface area contributed by atoms with Gasteiger partial charge >= 0.3 is 0 Å². The second kappa shape index (κ2) is 6.39. The molecule has 3 rings (SSSR count). The first-order chi connectivity index (χ1) is 11.1. The largest absolute Gasteiger partial charge is 0.345 e. The molecule has 0 spiro atoms. The Kier molecular flexibility index (Phi) is 4.13. The SMILES string of the molecule is Cc1cnc(CNC(=O)c2ccc(Cn3nnnc3C)cc2)[nH]1. The Morgan fingerprint density at radius 1 is 1.26 bits per heavy atom. The summed E-state index contributed by atoms with van der Waals surface area (Å²) in [6, 6.07) is 7.37. The van der Waals surface area contributed by atoms with Crippen molar-refractivity contribution in [1.82, 2.24) is 35.5 Å². The van der Waals surface area contributed by atoms with Gasteiger partial charge in [0, 0.05) is 17.5 Å². The summed E-state index contributed by atoms with van der Waals surface area (Å²) in [7, 11) is 0. The molecule has 2 aromatic heterocycles. The van der Waals surface area contributed by atoms with Crippen LogP contribution in [0.25, 0.3) is 0 Å². The fraction of sp³-hybridized carbons (Fsp3) is 0.267. The maximum Gasteiger partial charge on any atom is 0.251 e. The second-order valence-electron chi connectivity index (χ2n) is 5.28. The highest BCUT2D eigenvalue weighted by molar-refractivity contribution is 5.94. The zero-order chi connectivity index (χ0) is 16.2. The smallest absolute Gasteiger partial charge is 0.251 e. The van der Waals surface area contributed by atoms with Crippen molar-refractivity contribution in [1.29, 1.82) is 0 Å². The molecule has 0 fully saturated rings. The van der Waals surface area contributed by atoms with Crippen LogP contribution in [0.3, 0.4) is 0 Å². The van der Waals surface area contributed by atoms with Crippen molar-refractivity contribution < 1.29 is 4.79 Å². The monoisotopic (exact) mass is 311 g/mol. The number of imidazole rings is 1. The van der Waals surface area contributed by atoms with E-state index in [1.54, 1.807) is 23.0 Å². The summed E-state index contributed by atoms with van der Waals surface area (Å²) in [5.41, 5.74) is 2.60. The maximum atomic E-state index is 12.1. The van der Waals surface area contributed by atoms with E-state index in [0.717, 1.165) is 22.9 Å². The number of nitrogens with one attached hydrogen (secondary N) is 2. The Labute approximate surface area is 132 Å². The first-order valence-corrected chi connectivity index (χ1v) is 7.22. The van der Waals surface area contributed by atoms with E-state index in [4.69, 9.17) is 0 Å². The van der Waals surface area contributed by atoms with E-state index in [-0.39, 0.29) is 5.91 Å². The number of aryl methyl sites for hydroxylation is 2. The van der Waals surface area contributed by atoms with Gasteiger partial charge in [0.25, 0.3) is 5.91 Å². The number of hydrogen-bond donors (Lipinski definition) is 2. The number of hydrogen-bond acceptors (Lipinski definition) is 5. The van der Waals surface area contributed by atoms with Crippen molar-refractivity contribution in [3.8, 4) is 0 Å². The summed E-state index contributed by atoms with van der Waals surface area (Å²) in [4.78, 5) is 19.3. The predicted molar refractivity (Wildman–Crippen MR) is 82.6 cm³/mol. The van der Waals surface area contributed by atoms with Crippen molar-refractivity contribution in [3.05, 3.63) is 58.9 Å². The molecule has 1 amide bonds. The van der Waals surface area contributed by atoms with Gasteiger partial charge in [0.2, 0.25) is 0 Å². The highest BCUT2D eigenvalue weighted by Crippen LogP contribution is 2.07. The van der Waals surface area contributed by atoms with E-state index in [0.29, 0.717) is 18.7 Å². The first kappa shape index (κ1) is 14.9. The van der Waals surface area contributed by atoms with Crippen LogP contribution in [0.5, 0.6) is 0 Å². The predicted octanol–water partition coefficient (Wildman–Crippen LogP) is 0.991. The molecule has 8 nitrogen and oxygen atoms in total. The van der Waals surface area contributed by atoms with Crippen molar-refractivity contribution in [2.24, 2.45) is 0 Å². The standard InChI is InChI=1S/C15H17N7O/c1-10-7-16-14(18-10)8-17-15(23)13-5-3-12(4-6-13)9-22-11(2)19-20-21-22/h3-7H,8-9H2,1-2H3,(H,16,18)(H,17,23). The van der Waals surface area contributed by atoms with Gasteiger partial charge in [0.15, 0.2) is 0 Å². The van der Waals surface area contributed by atoms with Crippen LogP contribution in [0.4, 0.5) is 0 Å². The Bertz CT molecular complexity index is 803. The summed E-state index contributed by atoms with van der Waals surface area (Å²) in [6.07, 6.45) is 1.73. The molecule has 8 heteroatoms. The Balaban J connectivity index is 1.60. The number of carbonyl (C=O) groups excluding carboxylic acids is 1. The molecule has 0 saturated carbocycles. The van der Waals surface area contributed by atoms with E-state index in [2.05, 4.69) is 30.8 Å². The molecular formula is C15H17N7O. The van der Waals surface area contributed by atoms with Crippen molar-refractivity contribution in [2.75, 3.05) is 0 Å². The molecule has 1 aromatic carbocycles. The lowest BCUT2D eigenvalue weighted by Crippen LogP contribution is -2.23. The van der Waals surface area contributed by atoms with Gasteiger partial charge in [0.1, 0.15) is 11.6 Å². The van der Waals surface area contributed by atoms with Crippen LogP contribution in [-0.4, -0.2) is 36.1 Å². The number of aromatic amines is 1. The zero-order valence-electron chi connectivity index (χ0n) is 12.9. The second-order valence-corrected chi connectivity index (χ2v) is 5.28. The molecule has 0 atom stereocenters. The van der Waals surface area contributed by atoms with E-state index >= 15 is 0 Å². The topological polar surface area (TPSA) is 101 Å². The minimum atomic E-state index is -0.135. The lowest BCUT2D eigenvalue weighted by molar-refractivity contribution is 0.0950. The minimum Gasteiger partial charge on any atom is -0.345 e. The van der Waals surface area contributed by atoms with Crippen molar-refractivity contribution >= 4 is 5.91 Å². The van der Waals surface area contributed by atoms with Gasteiger partial charge in [-0.25, -0.2) is 9.67 Å². The van der Waals surface area contributed by atoms with Gasteiger partial charge in [0.05, 0.1) is 13.1 Å². The van der Waals surface area contributed by atoms with Gasteiger partial charge in [-0.1, -0.05) is 12.1 Å². The summed E-state index contributed by atoms with van der Waals surface area (Å²) < 4.78 is 1.70. The van der Waals surface area contributed by atoms with Crippen LogP contribution in [0.2, 0.25) is 0 Å². The van der Waals surface area contributed by atoms with Crippen LogP contribution in [-0.2, 0) is 13.1 Å². The number of rotatable bonds is 5. The van der Waals surface area contributed by atoms with Crippen LogP contribution < -0.4 is 5.32 Å². The summed E-state index contributed by atoms with van der Waals surface area (Å²) in [6.45, 7) is 4.71. The molecule has 3 aromatic rings. The molecule has 0 unspecified atom stereocenters. The van der Waals surface area contributed by atoms with Crippen LogP contribution >= 0.6 is 0 Å². The van der Waals surface area contributed by atoms with Gasteiger partial charge in [-0.15, -0.1) is 5.10 Å². The highest BCUT2D eigenvalue weighted by atomic mass is 16.1. The molecule has 2 heterocycles. The van der Waals surface area contributed by atoms with Crippen LogP contribution in [0.15, 0.2) is 30.5 Å². The van der Waals surface area contributed by atoms with E-state index < -0.39 is 0 Å². The average Bonchev–Trinajstić information content (AvgIpc) is 3.14. The number of amides is 1. The lowest BCUT2D eigenvalue weighted by Gasteiger charge is -2.06. The number of benzene rings is 1. The van der Waals surface area contributed by atoms with Gasteiger partial charge in [-0.3, -0.25) is 4.79 Å². The first-order valence-electron chi connectivity index (χ1n) is 7.22. The van der Waals surface area contributed by atoms with E-state index in [1.807, 2.05) is 26.0 Å². The number of nitrogens with zero attached hydrogens (tertiary/aromatic N) is 5. The fourth-order valence-corrected chi connectivity index (χ4v) is 2.15. The number of tetrazole rings is 1. The maximum absolute atomic E-state index is 12.1. The molecule has 0 aliphatic carbocycles. The molecule has 23 heavy (non-hydrogen) atoms. The molecule has 118 valence electrons. The number of H-pyrrole nitrogens is 1. The van der Waals surface area contributed by atoms with Crippen molar-refractivity contribution in [2.45, 2.75) is 26.9 Å². The third kappa shape index (κ3) is 3.60. The minimum absolute atomic E-state index is 0.135. The molecule has 0 bridgehead atoms. The molecule has 2 N–H and O–H groups in total. The molecular weight excluding hydrogens is 294 g/mol. The Hall–Kier alpha value is -3.03. The molecule has 0 aliphatic rings. The summed E-state index contributed by atoms with van der Waals surface area (Å²) in [5.74, 6) is 1.35. The van der Waals surface area contributed by atoms with Gasteiger partial charge < -0.3 is 10.3 Å². The van der Waals surface area contributed by atoms with E-state index in [1.165, 1.54) is 0 Å². The molecule has 0 radical (unpaired) electrons. The molecule has 0 saturated heterocycles. The highest BCUT2D eigenvalue weighted by Gasteiger charge is 2.07. The normalized spacial score (nSPS) is 10.7. The van der Waals surface area contributed by atoms with Gasteiger partial charge in [-0.05, 0) is 42.0 Å². The quantitative estimate of drug-likeness (QED) is 0.731. The van der Waals surface area contributed by atoms with Crippen LogP contribution in [0, 0.1) is 13.8 Å². The Morgan fingerprint density at radius 3 is 2.65 bits per heavy atom.